The van der Waals surface area contributed by atoms with Gasteiger partial charge in [0, 0.05) is 24.6 Å². The molecular weight excluding hydrogens is 266 g/mol. The summed E-state index contributed by atoms with van der Waals surface area (Å²) in [7, 11) is 0. The third-order valence-corrected chi connectivity index (χ3v) is 2.83. The van der Waals surface area contributed by atoms with Crippen LogP contribution in [0.5, 0.6) is 0 Å². The summed E-state index contributed by atoms with van der Waals surface area (Å²) >= 11 is 0. The van der Waals surface area contributed by atoms with E-state index in [2.05, 4.69) is 22.2 Å². The van der Waals surface area contributed by atoms with E-state index in [1.54, 1.807) is 24.4 Å². The van der Waals surface area contributed by atoms with E-state index in [4.69, 9.17) is 0 Å². The lowest BCUT2D eigenvalue weighted by Crippen LogP contribution is -2.21. The molecule has 0 radical (unpaired) electrons. The second kappa shape index (κ2) is 7.00. The lowest BCUT2D eigenvalue weighted by atomic mass is 10.1. The molecule has 0 saturated carbocycles. The highest BCUT2D eigenvalue weighted by Crippen LogP contribution is 2.16. The number of aromatic nitrogens is 1. The number of para-hydroxylation sites is 1. The number of amides is 2. The lowest BCUT2D eigenvalue weighted by Gasteiger charge is -2.11. The summed E-state index contributed by atoms with van der Waals surface area (Å²) in [5, 5.41) is 5.49. The van der Waals surface area contributed by atoms with Crippen molar-refractivity contribution in [3.8, 4) is 0 Å². The Morgan fingerprint density at radius 3 is 2.71 bits per heavy atom. The van der Waals surface area contributed by atoms with Crippen LogP contribution in [0.2, 0.25) is 0 Å². The number of pyridine rings is 1. The van der Waals surface area contributed by atoms with Crippen molar-refractivity contribution in [2.75, 3.05) is 5.32 Å². The molecule has 2 amide bonds. The van der Waals surface area contributed by atoms with Crippen molar-refractivity contribution in [2.45, 2.75) is 6.54 Å². The third kappa shape index (κ3) is 4.01. The zero-order valence-electron chi connectivity index (χ0n) is 11.4. The van der Waals surface area contributed by atoms with Crippen molar-refractivity contribution in [2.24, 2.45) is 0 Å². The quantitative estimate of drug-likeness (QED) is 0.825. The molecule has 2 aromatic rings. The fourth-order valence-electron chi connectivity index (χ4n) is 1.74. The number of hydrogen-bond acceptors (Lipinski definition) is 3. The summed E-state index contributed by atoms with van der Waals surface area (Å²) in [4.78, 5) is 27.2. The number of carbonyl (C=O) groups is 2. The van der Waals surface area contributed by atoms with Crippen molar-refractivity contribution < 1.29 is 9.59 Å². The van der Waals surface area contributed by atoms with Crippen LogP contribution >= 0.6 is 0 Å². The number of nitrogens with zero attached hydrogens (tertiary/aromatic N) is 1. The molecule has 0 unspecified atom stereocenters. The number of hydrogen-bond donors (Lipinski definition) is 2. The van der Waals surface area contributed by atoms with Gasteiger partial charge in [0.1, 0.15) is 0 Å². The zero-order valence-corrected chi connectivity index (χ0v) is 11.4. The van der Waals surface area contributed by atoms with Gasteiger partial charge in [0.25, 0.3) is 5.91 Å². The third-order valence-electron chi connectivity index (χ3n) is 2.83. The van der Waals surface area contributed by atoms with Crippen molar-refractivity contribution in [3.63, 3.8) is 0 Å². The van der Waals surface area contributed by atoms with Gasteiger partial charge in [-0.25, -0.2) is 0 Å². The normalized spacial score (nSPS) is 9.71. The maximum absolute atomic E-state index is 12.1. The molecule has 1 aromatic carbocycles. The molecule has 1 heterocycles. The van der Waals surface area contributed by atoms with Gasteiger partial charge in [0.15, 0.2) is 0 Å². The molecule has 106 valence electrons. The summed E-state index contributed by atoms with van der Waals surface area (Å²) in [6, 6.07) is 10.7. The first-order valence-corrected chi connectivity index (χ1v) is 6.40. The Balaban J connectivity index is 2.11. The summed E-state index contributed by atoms with van der Waals surface area (Å²) in [5.74, 6) is -0.506. The molecule has 0 saturated heterocycles. The molecule has 0 aliphatic rings. The zero-order chi connectivity index (χ0) is 15.1. The highest BCUT2D eigenvalue weighted by molar-refractivity contribution is 6.04. The maximum atomic E-state index is 12.1. The number of rotatable bonds is 5. The first-order valence-electron chi connectivity index (χ1n) is 6.40. The van der Waals surface area contributed by atoms with Crippen LogP contribution in [0.1, 0.15) is 15.9 Å². The van der Waals surface area contributed by atoms with Gasteiger partial charge in [-0.3, -0.25) is 14.6 Å². The van der Waals surface area contributed by atoms with Gasteiger partial charge in [0.2, 0.25) is 5.91 Å². The fourth-order valence-corrected chi connectivity index (χ4v) is 1.74. The molecule has 0 atom stereocenters. The van der Waals surface area contributed by atoms with Crippen molar-refractivity contribution in [1.82, 2.24) is 10.3 Å². The van der Waals surface area contributed by atoms with E-state index in [0.717, 1.165) is 5.56 Å². The van der Waals surface area contributed by atoms with Gasteiger partial charge in [-0.05, 0) is 29.8 Å². The highest BCUT2D eigenvalue weighted by atomic mass is 16.2. The van der Waals surface area contributed by atoms with E-state index in [1.165, 1.54) is 12.3 Å². The molecule has 21 heavy (non-hydrogen) atoms. The van der Waals surface area contributed by atoms with E-state index < -0.39 is 0 Å². The molecule has 2 rings (SSSR count). The largest absolute Gasteiger partial charge is 0.348 e. The molecule has 5 nitrogen and oxygen atoms in total. The van der Waals surface area contributed by atoms with Crippen molar-refractivity contribution in [1.29, 1.82) is 0 Å². The van der Waals surface area contributed by atoms with Gasteiger partial charge in [-0.1, -0.05) is 24.8 Å². The summed E-state index contributed by atoms with van der Waals surface area (Å²) < 4.78 is 0. The van der Waals surface area contributed by atoms with E-state index in [-0.39, 0.29) is 11.8 Å². The van der Waals surface area contributed by atoms with Gasteiger partial charge >= 0.3 is 0 Å². The Morgan fingerprint density at radius 1 is 1.19 bits per heavy atom. The summed E-state index contributed by atoms with van der Waals surface area (Å²) in [5.41, 5.74) is 1.93. The average Bonchev–Trinajstić information content (AvgIpc) is 2.54. The smallest absolute Gasteiger partial charge is 0.257 e. The fraction of sp³-hybridized carbons (Fsp3) is 0.0625. The van der Waals surface area contributed by atoms with Crippen LogP contribution in [0.3, 0.4) is 0 Å². The van der Waals surface area contributed by atoms with E-state index in [1.807, 2.05) is 18.2 Å². The lowest BCUT2D eigenvalue weighted by molar-refractivity contribution is -0.116. The maximum Gasteiger partial charge on any atom is 0.257 e. The first-order chi connectivity index (χ1) is 10.2. The predicted molar refractivity (Wildman–Crippen MR) is 80.7 cm³/mol. The van der Waals surface area contributed by atoms with Gasteiger partial charge < -0.3 is 10.6 Å². The Hall–Kier alpha value is -2.95. The molecule has 0 aliphatic carbocycles. The number of carbonyl (C=O) groups excluding carboxylic acids is 2. The van der Waals surface area contributed by atoms with Gasteiger partial charge in [-0.2, -0.15) is 0 Å². The minimum atomic E-state index is -0.261. The highest BCUT2D eigenvalue weighted by Gasteiger charge is 2.09. The van der Waals surface area contributed by atoms with Crippen LogP contribution in [-0.2, 0) is 11.3 Å². The second-order valence-corrected chi connectivity index (χ2v) is 4.27. The van der Waals surface area contributed by atoms with Crippen LogP contribution < -0.4 is 10.6 Å². The van der Waals surface area contributed by atoms with Gasteiger partial charge in [0.05, 0.1) is 5.56 Å². The Bertz CT molecular complexity index is 654. The second-order valence-electron chi connectivity index (χ2n) is 4.27. The molecular formula is C16H15N3O2. The van der Waals surface area contributed by atoms with E-state index in [0.29, 0.717) is 17.8 Å². The molecule has 2 N–H and O–H groups in total. The van der Waals surface area contributed by atoms with E-state index >= 15 is 0 Å². The van der Waals surface area contributed by atoms with E-state index in [9.17, 15) is 9.59 Å². The predicted octanol–water partition coefficient (Wildman–Crippen LogP) is 2.14. The Morgan fingerprint density at radius 2 is 2.00 bits per heavy atom. The molecule has 0 bridgehead atoms. The van der Waals surface area contributed by atoms with Gasteiger partial charge in [-0.15, -0.1) is 0 Å². The SMILES string of the molecule is C=CC(=O)NCc1ccccc1NC(=O)c1cccnc1. The standard InChI is InChI=1S/C16H15N3O2/c1-2-15(20)18-11-12-6-3-4-8-14(12)19-16(21)13-7-5-9-17-10-13/h2-10H,1,11H2,(H,18,20)(H,19,21). The van der Waals surface area contributed by atoms with Crippen molar-refractivity contribution >= 4 is 17.5 Å². The summed E-state index contributed by atoms with van der Waals surface area (Å²) in [6.45, 7) is 3.71. The number of benzene rings is 1. The van der Waals surface area contributed by atoms with Crippen LogP contribution in [0.15, 0.2) is 61.4 Å². The van der Waals surface area contributed by atoms with Crippen LogP contribution in [0.4, 0.5) is 5.69 Å². The molecule has 1 aromatic heterocycles. The van der Waals surface area contributed by atoms with Crippen LogP contribution in [0, 0.1) is 0 Å². The Kier molecular flexibility index (Phi) is 4.82. The van der Waals surface area contributed by atoms with Crippen LogP contribution in [-0.4, -0.2) is 16.8 Å². The van der Waals surface area contributed by atoms with Crippen molar-refractivity contribution in [3.05, 3.63) is 72.6 Å². The Labute approximate surface area is 122 Å². The number of anilines is 1. The summed E-state index contributed by atoms with van der Waals surface area (Å²) in [6.07, 6.45) is 4.31. The monoisotopic (exact) mass is 281 g/mol. The van der Waals surface area contributed by atoms with Crippen LogP contribution in [0.25, 0.3) is 0 Å². The molecule has 0 spiro atoms. The minimum absolute atomic E-state index is 0.245. The molecule has 0 aliphatic heterocycles. The topological polar surface area (TPSA) is 71.1 Å². The average molecular weight is 281 g/mol. The molecule has 0 fully saturated rings. The minimum Gasteiger partial charge on any atom is -0.348 e. The first kappa shape index (κ1) is 14.5. The number of nitrogens with one attached hydrogen (secondary N) is 2. The molecule has 5 heteroatoms.